The molecule has 0 radical (unpaired) electrons. The van der Waals surface area contributed by atoms with Crippen molar-refractivity contribution in [2.45, 2.75) is 19.4 Å². The van der Waals surface area contributed by atoms with Crippen molar-refractivity contribution in [1.82, 2.24) is 29.5 Å². The van der Waals surface area contributed by atoms with Crippen LogP contribution in [0.25, 0.3) is 38.6 Å². The van der Waals surface area contributed by atoms with Gasteiger partial charge in [0.25, 0.3) is 5.56 Å². The smallest absolute Gasteiger partial charge is 0.266 e. The Labute approximate surface area is 222 Å². The first-order valence-corrected chi connectivity index (χ1v) is 12.4. The molecule has 3 N–H and O–H groups in total. The summed E-state index contributed by atoms with van der Waals surface area (Å²) in [6.45, 7) is 1.96. The lowest BCUT2D eigenvalue weighted by Gasteiger charge is -2.23. The Morgan fingerprint density at radius 2 is 1.64 bits per heavy atom. The average molecular weight is 519 g/mol. The third-order valence-electron chi connectivity index (χ3n) is 6.56. The first kappa shape index (κ1) is 24.1. The molecule has 6 rings (SSSR count). The molecule has 0 spiro atoms. The minimum absolute atomic E-state index is 0.145. The molecule has 3 aromatic carbocycles. The van der Waals surface area contributed by atoms with Crippen LogP contribution in [-0.2, 0) is 0 Å². The lowest BCUT2D eigenvalue weighted by atomic mass is 10.0. The predicted molar refractivity (Wildman–Crippen MR) is 149 cm³/mol. The van der Waals surface area contributed by atoms with E-state index in [2.05, 4.69) is 25.3 Å². The second kappa shape index (κ2) is 9.90. The Hall–Kier alpha value is -5.25. The summed E-state index contributed by atoms with van der Waals surface area (Å²) in [5.41, 5.74) is 8.35. The van der Waals surface area contributed by atoms with Crippen molar-refractivity contribution in [3.05, 3.63) is 107 Å². The van der Waals surface area contributed by atoms with Gasteiger partial charge in [0.2, 0.25) is 5.95 Å². The van der Waals surface area contributed by atoms with Crippen LogP contribution in [0, 0.1) is 5.82 Å². The number of aromatic nitrogens is 6. The SMILES string of the molecule is CCC(Nc1ncnc2cccc(F)c12)c1nc2cccc(-c3cnc(N)nc3)c2c(=O)n1-c1ccccc1. The molecule has 1 unspecified atom stereocenters. The lowest BCUT2D eigenvalue weighted by Crippen LogP contribution is -2.28. The van der Waals surface area contributed by atoms with E-state index in [9.17, 15) is 9.18 Å². The van der Waals surface area contributed by atoms with Gasteiger partial charge in [-0.15, -0.1) is 0 Å². The fourth-order valence-electron chi connectivity index (χ4n) is 4.72. The van der Waals surface area contributed by atoms with Crippen molar-refractivity contribution in [1.29, 1.82) is 0 Å². The summed E-state index contributed by atoms with van der Waals surface area (Å²) >= 11 is 0. The van der Waals surface area contributed by atoms with Gasteiger partial charge in [0, 0.05) is 18.0 Å². The Morgan fingerprint density at radius 1 is 0.897 bits per heavy atom. The molecule has 0 saturated carbocycles. The van der Waals surface area contributed by atoms with Crippen molar-refractivity contribution in [3.63, 3.8) is 0 Å². The van der Waals surface area contributed by atoms with Crippen molar-refractivity contribution in [2.75, 3.05) is 11.1 Å². The van der Waals surface area contributed by atoms with E-state index in [1.807, 2.05) is 49.4 Å². The number of nitrogens with one attached hydrogen (secondary N) is 1. The van der Waals surface area contributed by atoms with E-state index in [-0.39, 0.29) is 16.9 Å². The fraction of sp³-hybridized carbons (Fsp3) is 0.103. The molecule has 39 heavy (non-hydrogen) atoms. The molecule has 0 saturated heterocycles. The number of benzene rings is 3. The number of hydrogen-bond donors (Lipinski definition) is 2. The van der Waals surface area contributed by atoms with Crippen LogP contribution in [-0.4, -0.2) is 29.5 Å². The number of anilines is 2. The minimum Gasteiger partial charge on any atom is -0.368 e. The summed E-state index contributed by atoms with van der Waals surface area (Å²) in [6, 6.07) is 19.0. The van der Waals surface area contributed by atoms with Gasteiger partial charge in [-0.05, 0) is 42.3 Å². The Bertz CT molecular complexity index is 1870. The lowest BCUT2D eigenvalue weighted by molar-refractivity contribution is 0.636. The van der Waals surface area contributed by atoms with E-state index in [0.717, 1.165) is 0 Å². The van der Waals surface area contributed by atoms with Crippen LogP contribution in [0.4, 0.5) is 16.2 Å². The highest BCUT2D eigenvalue weighted by Gasteiger charge is 2.23. The third-order valence-corrected chi connectivity index (χ3v) is 6.56. The third kappa shape index (κ3) is 4.31. The van der Waals surface area contributed by atoms with Crippen LogP contribution in [0.15, 0.2) is 90.2 Å². The van der Waals surface area contributed by atoms with E-state index >= 15 is 0 Å². The zero-order valence-corrected chi connectivity index (χ0v) is 20.9. The molecular formula is C29H23FN8O. The van der Waals surface area contributed by atoms with Gasteiger partial charge in [0.15, 0.2) is 0 Å². The molecule has 0 bridgehead atoms. The van der Waals surface area contributed by atoms with E-state index in [4.69, 9.17) is 10.7 Å². The largest absolute Gasteiger partial charge is 0.368 e. The van der Waals surface area contributed by atoms with Crippen LogP contribution in [0.3, 0.4) is 0 Å². The first-order valence-electron chi connectivity index (χ1n) is 12.4. The van der Waals surface area contributed by atoms with Gasteiger partial charge in [-0.1, -0.05) is 43.3 Å². The van der Waals surface area contributed by atoms with E-state index in [1.54, 1.807) is 35.2 Å². The van der Waals surface area contributed by atoms with Crippen molar-refractivity contribution in [2.24, 2.45) is 0 Å². The zero-order valence-electron chi connectivity index (χ0n) is 20.9. The molecule has 192 valence electrons. The number of nitrogens with two attached hydrogens (primary N) is 1. The summed E-state index contributed by atoms with van der Waals surface area (Å²) in [6.07, 6.45) is 5.09. The molecule has 3 aromatic heterocycles. The van der Waals surface area contributed by atoms with Crippen LogP contribution in [0.1, 0.15) is 25.2 Å². The van der Waals surface area contributed by atoms with Crippen molar-refractivity contribution < 1.29 is 4.39 Å². The monoisotopic (exact) mass is 518 g/mol. The summed E-state index contributed by atoms with van der Waals surface area (Å²) in [4.78, 5) is 36.0. The number of fused-ring (bicyclic) bond motifs is 2. The zero-order chi connectivity index (χ0) is 26.9. The normalized spacial score (nSPS) is 12.1. The Balaban J connectivity index is 1.59. The standard InChI is InChI=1S/C29H23FN8O/c1-2-21(36-26-25-20(30)11-7-12-22(25)34-16-35-26)27-37-23-13-6-10-19(17-14-32-29(31)33-15-17)24(23)28(39)38(27)18-8-4-3-5-9-18/h3-16,21H,2H2,1H3,(H2,31,32,33)(H,34,35,36). The molecule has 0 fully saturated rings. The van der Waals surface area contributed by atoms with Crippen molar-refractivity contribution in [3.8, 4) is 16.8 Å². The van der Waals surface area contributed by atoms with Crippen molar-refractivity contribution >= 4 is 33.6 Å². The van der Waals surface area contributed by atoms with E-state index in [0.29, 0.717) is 51.3 Å². The number of rotatable bonds is 6. The van der Waals surface area contributed by atoms with Crippen LogP contribution >= 0.6 is 0 Å². The topological polar surface area (TPSA) is 124 Å². The molecule has 3 heterocycles. The maximum Gasteiger partial charge on any atom is 0.266 e. The van der Waals surface area contributed by atoms with Gasteiger partial charge in [-0.3, -0.25) is 9.36 Å². The van der Waals surface area contributed by atoms with Gasteiger partial charge in [-0.2, -0.15) is 0 Å². The fourth-order valence-corrected chi connectivity index (χ4v) is 4.72. The summed E-state index contributed by atoms with van der Waals surface area (Å²) in [5.74, 6) is 0.501. The summed E-state index contributed by atoms with van der Waals surface area (Å²) in [5, 5.41) is 4.04. The number of hydrogen-bond acceptors (Lipinski definition) is 8. The maximum absolute atomic E-state index is 14.8. The first-order chi connectivity index (χ1) is 19.0. The number of halogens is 1. The van der Waals surface area contributed by atoms with Crippen LogP contribution in [0.5, 0.6) is 0 Å². The maximum atomic E-state index is 14.8. The molecule has 0 aliphatic carbocycles. The molecule has 0 aliphatic rings. The van der Waals surface area contributed by atoms with Crippen LogP contribution < -0.4 is 16.6 Å². The number of nitrogens with zero attached hydrogens (tertiary/aromatic N) is 6. The highest BCUT2D eigenvalue weighted by Crippen LogP contribution is 2.30. The van der Waals surface area contributed by atoms with E-state index < -0.39 is 11.9 Å². The predicted octanol–water partition coefficient (Wildman–Crippen LogP) is 5.07. The molecule has 10 heteroatoms. The second-order valence-electron chi connectivity index (χ2n) is 8.94. The highest BCUT2D eigenvalue weighted by atomic mass is 19.1. The van der Waals surface area contributed by atoms with Gasteiger partial charge in [0.1, 0.15) is 23.8 Å². The molecule has 1 atom stereocenters. The second-order valence-corrected chi connectivity index (χ2v) is 8.94. The van der Waals surface area contributed by atoms with Gasteiger partial charge in [-0.25, -0.2) is 29.3 Å². The Kier molecular flexibility index (Phi) is 6.12. The molecule has 0 aliphatic heterocycles. The number of para-hydroxylation sites is 1. The number of nitrogen functional groups attached to an aromatic ring is 1. The Morgan fingerprint density at radius 3 is 2.41 bits per heavy atom. The summed E-state index contributed by atoms with van der Waals surface area (Å²) < 4.78 is 16.4. The summed E-state index contributed by atoms with van der Waals surface area (Å²) in [7, 11) is 0. The average Bonchev–Trinajstić information content (AvgIpc) is 2.96. The molecule has 0 amide bonds. The quantitative estimate of drug-likeness (QED) is 0.313. The minimum atomic E-state index is -0.483. The van der Waals surface area contributed by atoms with Gasteiger partial charge >= 0.3 is 0 Å². The molecule has 9 nitrogen and oxygen atoms in total. The highest BCUT2D eigenvalue weighted by molar-refractivity contribution is 5.94. The van der Waals surface area contributed by atoms with Gasteiger partial charge in [0.05, 0.1) is 33.5 Å². The molecule has 6 aromatic rings. The van der Waals surface area contributed by atoms with Gasteiger partial charge < -0.3 is 11.1 Å². The molecular weight excluding hydrogens is 495 g/mol. The van der Waals surface area contributed by atoms with Crippen LogP contribution in [0.2, 0.25) is 0 Å². The van der Waals surface area contributed by atoms with E-state index in [1.165, 1.54) is 12.4 Å².